The maximum atomic E-state index is 5.61. The average Bonchev–Trinajstić information content (AvgIpc) is 2.91. The molecule has 2 aliphatic carbocycles. The third kappa shape index (κ3) is 1.66. The van der Waals surface area contributed by atoms with E-state index in [0.717, 1.165) is 0 Å². The van der Waals surface area contributed by atoms with Gasteiger partial charge in [-0.05, 0) is 11.1 Å². The van der Waals surface area contributed by atoms with Crippen LogP contribution in [-0.4, -0.2) is 12.2 Å². The molecule has 0 saturated carbocycles. The molecule has 0 aromatic carbocycles. The lowest BCUT2D eigenvalue weighted by Gasteiger charge is -2.06. The van der Waals surface area contributed by atoms with Gasteiger partial charge >= 0.3 is 0 Å². The van der Waals surface area contributed by atoms with Crippen molar-refractivity contribution in [2.45, 2.75) is 12.2 Å². The van der Waals surface area contributed by atoms with Gasteiger partial charge in [0.15, 0.2) is 0 Å². The molecule has 0 aromatic rings. The monoisotopic (exact) mass is 196 g/mol. The first-order valence-corrected chi connectivity index (χ1v) is 5.21. The molecule has 3 aliphatic rings. The van der Waals surface area contributed by atoms with Crippen LogP contribution >= 0.6 is 0 Å². The average molecular weight is 196 g/mol. The zero-order valence-corrected chi connectivity index (χ0v) is 8.34. The van der Waals surface area contributed by atoms with Crippen LogP contribution in [0.5, 0.6) is 0 Å². The van der Waals surface area contributed by atoms with Crippen LogP contribution in [0.15, 0.2) is 71.9 Å². The highest BCUT2D eigenvalue weighted by molar-refractivity contribution is 5.51. The SMILES string of the molecule is C1=CC=C2C=CC=CC3OC3C2=CC=C1. The molecule has 0 aromatic heterocycles. The summed E-state index contributed by atoms with van der Waals surface area (Å²) in [5, 5.41) is 0. The van der Waals surface area contributed by atoms with Crippen molar-refractivity contribution in [3.05, 3.63) is 71.9 Å². The number of fused-ring (bicyclic) bond motifs is 3. The molecule has 2 atom stereocenters. The largest absolute Gasteiger partial charge is 0.360 e. The minimum Gasteiger partial charge on any atom is -0.360 e. The molecule has 0 radical (unpaired) electrons. The van der Waals surface area contributed by atoms with Gasteiger partial charge in [-0.15, -0.1) is 0 Å². The fraction of sp³-hybridized carbons (Fsp3) is 0.143. The van der Waals surface area contributed by atoms with Gasteiger partial charge < -0.3 is 4.74 Å². The Kier molecular flexibility index (Phi) is 2.04. The van der Waals surface area contributed by atoms with E-state index < -0.39 is 0 Å². The van der Waals surface area contributed by atoms with Crippen LogP contribution in [0.1, 0.15) is 0 Å². The molecule has 74 valence electrons. The van der Waals surface area contributed by atoms with Crippen molar-refractivity contribution in [1.29, 1.82) is 0 Å². The Balaban J connectivity index is 2.05. The lowest BCUT2D eigenvalue weighted by Crippen LogP contribution is -2.00. The van der Waals surface area contributed by atoms with Gasteiger partial charge in [0.05, 0.1) is 0 Å². The van der Waals surface area contributed by atoms with E-state index >= 15 is 0 Å². The molecular formula is C14H12O. The van der Waals surface area contributed by atoms with Crippen molar-refractivity contribution in [1.82, 2.24) is 0 Å². The van der Waals surface area contributed by atoms with E-state index in [1.165, 1.54) is 11.1 Å². The first-order chi connectivity index (χ1) is 7.45. The van der Waals surface area contributed by atoms with Crippen molar-refractivity contribution in [3.8, 4) is 0 Å². The molecule has 2 unspecified atom stereocenters. The highest BCUT2D eigenvalue weighted by Gasteiger charge is 2.40. The van der Waals surface area contributed by atoms with Gasteiger partial charge in [-0.25, -0.2) is 0 Å². The van der Waals surface area contributed by atoms with Gasteiger partial charge in [0.1, 0.15) is 12.2 Å². The second-order valence-electron chi connectivity index (χ2n) is 3.78. The molecule has 3 rings (SSSR count). The van der Waals surface area contributed by atoms with Crippen molar-refractivity contribution < 1.29 is 4.74 Å². The van der Waals surface area contributed by atoms with E-state index in [4.69, 9.17) is 4.74 Å². The number of allylic oxidation sites excluding steroid dienone is 9. The van der Waals surface area contributed by atoms with Crippen molar-refractivity contribution in [2.75, 3.05) is 0 Å². The molecular weight excluding hydrogens is 184 g/mol. The van der Waals surface area contributed by atoms with Crippen LogP contribution in [0.3, 0.4) is 0 Å². The molecule has 0 bridgehead atoms. The maximum absolute atomic E-state index is 5.61. The Labute approximate surface area is 89.4 Å². The van der Waals surface area contributed by atoms with E-state index in [2.05, 4.69) is 48.6 Å². The molecule has 1 heterocycles. The fourth-order valence-electron chi connectivity index (χ4n) is 1.90. The van der Waals surface area contributed by atoms with Crippen molar-refractivity contribution in [2.24, 2.45) is 0 Å². The van der Waals surface area contributed by atoms with Crippen LogP contribution in [0.25, 0.3) is 0 Å². The molecule has 0 spiro atoms. The van der Waals surface area contributed by atoms with E-state index in [9.17, 15) is 0 Å². The highest BCUT2D eigenvalue weighted by Crippen LogP contribution is 2.36. The Morgan fingerprint density at radius 1 is 0.867 bits per heavy atom. The first kappa shape index (κ1) is 8.69. The molecule has 1 aliphatic heterocycles. The summed E-state index contributed by atoms with van der Waals surface area (Å²) in [5.74, 6) is 0. The van der Waals surface area contributed by atoms with Crippen molar-refractivity contribution in [3.63, 3.8) is 0 Å². The van der Waals surface area contributed by atoms with E-state index in [1.54, 1.807) is 0 Å². The maximum Gasteiger partial charge on any atom is 0.114 e. The minimum absolute atomic E-state index is 0.258. The second-order valence-corrected chi connectivity index (χ2v) is 3.78. The fourth-order valence-corrected chi connectivity index (χ4v) is 1.90. The molecule has 1 heteroatoms. The predicted molar refractivity (Wildman–Crippen MR) is 61.4 cm³/mol. The number of ether oxygens (including phenoxy) is 1. The standard InChI is InChI=1S/C14H12O/c1-2-4-9-12-11(7-3-1)8-5-6-10-13-14(12)15-13/h1-10,13-14H. The minimum atomic E-state index is 0.258. The lowest BCUT2D eigenvalue weighted by atomic mass is 9.96. The van der Waals surface area contributed by atoms with Gasteiger partial charge in [0, 0.05) is 0 Å². The van der Waals surface area contributed by atoms with Crippen LogP contribution in [-0.2, 0) is 4.74 Å². The van der Waals surface area contributed by atoms with E-state index in [-0.39, 0.29) is 12.2 Å². The quantitative estimate of drug-likeness (QED) is 0.543. The summed E-state index contributed by atoms with van der Waals surface area (Å²) in [4.78, 5) is 0. The van der Waals surface area contributed by atoms with Gasteiger partial charge in [0.25, 0.3) is 0 Å². The Morgan fingerprint density at radius 2 is 1.73 bits per heavy atom. The van der Waals surface area contributed by atoms with Crippen LogP contribution in [0, 0.1) is 0 Å². The van der Waals surface area contributed by atoms with Crippen LogP contribution in [0.4, 0.5) is 0 Å². The number of hydrogen-bond acceptors (Lipinski definition) is 1. The summed E-state index contributed by atoms with van der Waals surface area (Å²) in [6.07, 6.45) is 21.4. The Bertz CT molecular complexity index is 444. The molecule has 0 amide bonds. The second kappa shape index (κ2) is 3.52. The van der Waals surface area contributed by atoms with Crippen LogP contribution < -0.4 is 0 Å². The molecule has 1 saturated heterocycles. The molecule has 1 nitrogen and oxygen atoms in total. The highest BCUT2D eigenvalue weighted by atomic mass is 16.6. The summed E-state index contributed by atoms with van der Waals surface area (Å²) >= 11 is 0. The molecule has 1 fully saturated rings. The number of hydrogen-bond donors (Lipinski definition) is 0. The smallest absolute Gasteiger partial charge is 0.114 e. The van der Waals surface area contributed by atoms with E-state index in [0.29, 0.717) is 0 Å². The summed E-state index contributed by atoms with van der Waals surface area (Å²) in [5.41, 5.74) is 2.52. The Morgan fingerprint density at radius 3 is 2.67 bits per heavy atom. The summed E-state index contributed by atoms with van der Waals surface area (Å²) in [6, 6.07) is 0. The van der Waals surface area contributed by atoms with Gasteiger partial charge in [-0.1, -0.05) is 60.8 Å². The van der Waals surface area contributed by atoms with Gasteiger partial charge in [0.2, 0.25) is 0 Å². The normalized spacial score (nSPS) is 31.5. The Hall–Kier alpha value is -1.60. The summed E-state index contributed by atoms with van der Waals surface area (Å²) in [6.45, 7) is 0. The number of epoxide rings is 1. The summed E-state index contributed by atoms with van der Waals surface area (Å²) < 4.78 is 5.61. The predicted octanol–water partition coefficient (Wildman–Crippen LogP) is 2.86. The van der Waals surface area contributed by atoms with Gasteiger partial charge in [-0.2, -0.15) is 0 Å². The van der Waals surface area contributed by atoms with Crippen LogP contribution in [0.2, 0.25) is 0 Å². The number of rotatable bonds is 0. The lowest BCUT2D eigenvalue weighted by molar-refractivity contribution is 0.408. The zero-order chi connectivity index (χ0) is 10.1. The zero-order valence-electron chi connectivity index (χ0n) is 8.34. The first-order valence-electron chi connectivity index (χ1n) is 5.21. The summed E-state index contributed by atoms with van der Waals surface area (Å²) in [7, 11) is 0. The third-order valence-electron chi connectivity index (χ3n) is 2.74. The van der Waals surface area contributed by atoms with E-state index in [1.807, 2.05) is 12.2 Å². The van der Waals surface area contributed by atoms with Crippen molar-refractivity contribution >= 4 is 0 Å². The topological polar surface area (TPSA) is 12.5 Å². The third-order valence-corrected chi connectivity index (χ3v) is 2.74. The molecule has 15 heavy (non-hydrogen) atoms. The van der Waals surface area contributed by atoms with Gasteiger partial charge in [-0.3, -0.25) is 0 Å². The molecule has 0 N–H and O–H groups in total.